The highest BCUT2D eigenvalue weighted by Gasteiger charge is 1.97. The Kier molecular flexibility index (Phi) is 9.38. The average molecular weight is 223 g/mol. The molecule has 0 aliphatic heterocycles. The van der Waals surface area contributed by atoms with Gasteiger partial charge in [0.15, 0.2) is 0 Å². The first-order valence-corrected chi connectivity index (χ1v) is 6.07. The van der Waals surface area contributed by atoms with Gasteiger partial charge in [0.05, 0.1) is 0 Å². The highest BCUT2D eigenvalue weighted by atomic mass is 16.1. The van der Waals surface area contributed by atoms with Crippen LogP contribution in [0.25, 0.3) is 0 Å². The smallest absolute Gasteiger partial charge is 0.219 e. The van der Waals surface area contributed by atoms with Crippen LogP contribution in [-0.4, -0.2) is 13.0 Å². The van der Waals surface area contributed by atoms with Crippen LogP contribution in [0.15, 0.2) is 30.3 Å². The summed E-state index contributed by atoms with van der Waals surface area (Å²) in [7, 11) is 1.68. The van der Waals surface area contributed by atoms with E-state index in [1.54, 1.807) is 7.05 Å². The standard InChI is InChI=1S/C12H17NO.C2H6.H2/c1-13-12(14)10-6-5-9-11-7-3-2-4-8-11;1-2;/h2-4,7-8H,5-6,9-10H2,1H3,(H,13,14);1-2H3;1H. The van der Waals surface area contributed by atoms with Crippen molar-refractivity contribution in [2.45, 2.75) is 39.5 Å². The van der Waals surface area contributed by atoms with E-state index in [1.807, 2.05) is 32.0 Å². The molecule has 0 saturated carbocycles. The van der Waals surface area contributed by atoms with Crippen LogP contribution >= 0.6 is 0 Å². The van der Waals surface area contributed by atoms with Gasteiger partial charge in [-0.25, -0.2) is 0 Å². The van der Waals surface area contributed by atoms with E-state index in [0.717, 1.165) is 19.3 Å². The van der Waals surface area contributed by atoms with Crippen molar-refractivity contribution in [3.05, 3.63) is 35.9 Å². The molecule has 0 unspecified atom stereocenters. The molecule has 0 aromatic heterocycles. The summed E-state index contributed by atoms with van der Waals surface area (Å²) in [6.07, 6.45) is 3.76. The molecule has 0 heterocycles. The summed E-state index contributed by atoms with van der Waals surface area (Å²) in [5.41, 5.74) is 1.35. The molecule has 0 radical (unpaired) electrons. The van der Waals surface area contributed by atoms with E-state index in [4.69, 9.17) is 0 Å². The Balaban J connectivity index is 0. The molecular formula is C14H25NO. The molecule has 1 N–H and O–H groups in total. The summed E-state index contributed by atoms with van der Waals surface area (Å²) in [6, 6.07) is 10.4. The van der Waals surface area contributed by atoms with Crippen LogP contribution in [0.3, 0.4) is 0 Å². The van der Waals surface area contributed by atoms with Crippen LogP contribution in [0, 0.1) is 0 Å². The van der Waals surface area contributed by atoms with Gasteiger partial charge in [-0.3, -0.25) is 4.79 Å². The summed E-state index contributed by atoms with van der Waals surface area (Å²) in [4.78, 5) is 10.9. The Labute approximate surface area is 101 Å². The van der Waals surface area contributed by atoms with Gasteiger partial charge in [0, 0.05) is 14.9 Å². The van der Waals surface area contributed by atoms with E-state index in [9.17, 15) is 4.79 Å². The second-order valence-corrected chi connectivity index (χ2v) is 3.37. The highest BCUT2D eigenvalue weighted by molar-refractivity contribution is 5.75. The van der Waals surface area contributed by atoms with Crippen LogP contribution in [0.2, 0.25) is 0 Å². The largest absolute Gasteiger partial charge is 0.359 e. The van der Waals surface area contributed by atoms with Gasteiger partial charge in [-0.2, -0.15) is 0 Å². The van der Waals surface area contributed by atoms with Gasteiger partial charge in [-0.05, 0) is 24.8 Å². The monoisotopic (exact) mass is 223 g/mol. The van der Waals surface area contributed by atoms with E-state index in [-0.39, 0.29) is 7.33 Å². The van der Waals surface area contributed by atoms with Crippen molar-refractivity contribution in [3.8, 4) is 0 Å². The second-order valence-electron chi connectivity index (χ2n) is 3.37. The Bertz CT molecular complexity index is 275. The van der Waals surface area contributed by atoms with E-state index in [2.05, 4.69) is 17.4 Å². The quantitative estimate of drug-likeness (QED) is 0.761. The minimum absolute atomic E-state index is 0. The number of rotatable bonds is 5. The molecule has 0 bridgehead atoms. The topological polar surface area (TPSA) is 29.1 Å². The Morgan fingerprint density at radius 3 is 2.38 bits per heavy atom. The van der Waals surface area contributed by atoms with Crippen LogP contribution in [0.4, 0.5) is 0 Å². The lowest BCUT2D eigenvalue weighted by atomic mass is 10.1. The van der Waals surface area contributed by atoms with Gasteiger partial charge in [-0.1, -0.05) is 44.2 Å². The number of benzene rings is 1. The number of amides is 1. The summed E-state index contributed by atoms with van der Waals surface area (Å²) in [5.74, 6) is 0.137. The van der Waals surface area contributed by atoms with Gasteiger partial charge in [0.2, 0.25) is 5.91 Å². The lowest BCUT2D eigenvalue weighted by molar-refractivity contribution is -0.120. The Morgan fingerprint density at radius 2 is 1.81 bits per heavy atom. The molecule has 0 saturated heterocycles. The van der Waals surface area contributed by atoms with Crippen LogP contribution in [-0.2, 0) is 11.2 Å². The maximum absolute atomic E-state index is 10.9. The number of hydrogen-bond donors (Lipinski definition) is 1. The Morgan fingerprint density at radius 1 is 1.19 bits per heavy atom. The maximum Gasteiger partial charge on any atom is 0.219 e. The van der Waals surface area contributed by atoms with Crippen LogP contribution in [0.1, 0.15) is 40.1 Å². The number of carbonyl (C=O) groups is 1. The predicted octanol–water partition coefficient (Wildman–Crippen LogP) is 3.42. The SMILES string of the molecule is CC.CNC(=O)CCCCc1ccccc1.[HH]. The molecule has 0 atom stereocenters. The number of nitrogens with one attached hydrogen (secondary N) is 1. The molecule has 1 rings (SSSR count). The van der Waals surface area contributed by atoms with Crippen molar-refractivity contribution in [2.75, 3.05) is 7.05 Å². The van der Waals surface area contributed by atoms with E-state index in [0.29, 0.717) is 6.42 Å². The lowest BCUT2D eigenvalue weighted by Crippen LogP contribution is -2.16. The van der Waals surface area contributed by atoms with Gasteiger partial charge in [0.1, 0.15) is 0 Å². The van der Waals surface area contributed by atoms with Crippen molar-refractivity contribution in [1.29, 1.82) is 0 Å². The third-order valence-corrected chi connectivity index (χ3v) is 2.24. The van der Waals surface area contributed by atoms with Crippen molar-refractivity contribution < 1.29 is 6.22 Å². The zero-order valence-electron chi connectivity index (χ0n) is 10.6. The van der Waals surface area contributed by atoms with Crippen molar-refractivity contribution >= 4 is 5.91 Å². The lowest BCUT2D eigenvalue weighted by Gasteiger charge is -2.01. The zero-order chi connectivity index (χ0) is 12.2. The molecule has 0 fully saturated rings. The first-order valence-electron chi connectivity index (χ1n) is 6.07. The summed E-state index contributed by atoms with van der Waals surface area (Å²) >= 11 is 0. The zero-order valence-corrected chi connectivity index (χ0v) is 10.6. The third kappa shape index (κ3) is 7.04. The summed E-state index contributed by atoms with van der Waals surface area (Å²) in [5, 5.41) is 2.62. The fourth-order valence-corrected chi connectivity index (χ4v) is 1.38. The average Bonchev–Trinajstić information content (AvgIpc) is 2.38. The molecule has 0 aliphatic rings. The predicted molar refractivity (Wildman–Crippen MR) is 71.5 cm³/mol. The van der Waals surface area contributed by atoms with Gasteiger partial charge in [-0.15, -0.1) is 0 Å². The normalized spacial score (nSPS) is 8.94. The molecule has 0 spiro atoms. The van der Waals surface area contributed by atoms with E-state index >= 15 is 0 Å². The molecule has 1 amide bonds. The molecule has 16 heavy (non-hydrogen) atoms. The fraction of sp³-hybridized carbons (Fsp3) is 0.500. The first-order chi connectivity index (χ1) is 7.83. The number of hydrogen-bond acceptors (Lipinski definition) is 1. The molecule has 2 heteroatoms. The minimum atomic E-state index is 0. The molecule has 0 aliphatic carbocycles. The minimum Gasteiger partial charge on any atom is -0.359 e. The van der Waals surface area contributed by atoms with Crippen molar-refractivity contribution in [3.63, 3.8) is 0 Å². The van der Waals surface area contributed by atoms with Gasteiger partial charge >= 0.3 is 0 Å². The van der Waals surface area contributed by atoms with E-state index in [1.165, 1.54) is 5.56 Å². The van der Waals surface area contributed by atoms with Crippen molar-refractivity contribution in [2.24, 2.45) is 0 Å². The summed E-state index contributed by atoms with van der Waals surface area (Å²) in [6.45, 7) is 4.00. The number of carbonyl (C=O) groups excluding carboxylic acids is 1. The van der Waals surface area contributed by atoms with Crippen LogP contribution < -0.4 is 5.32 Å². The molecule has 2 nitrogen and oxygen atoms in total. The molecule has 1 aromatic rings. The highest BCUT2D eigenvalue weighted by Crippen LogP contribution is 2.05. The number of unbranched alkanes of at least 4 members (excludes halogenated alkanes) is 1. The number of aryl methyl sites for hydroxylation is 1. The first kappa shape index (κ1) is 14.7. The molecule has 1 aromatic carbocycles. The third-order valence-electron chi connectivity index (χ3n) is 2.24. The summed E-state index contributed by atoms with van der Waals surface area (Å²) < 4.78 is 0. The van der Waals surface area contributed by atoms with Crippen molar-refractivity contribution in [1.82, 2.24) is 5.32 Å². The second kappa shape index (κ2) is 10.2. The Hall–Kier alpha value is -1.31. The molecular weight excluding hydrogens is 198 g/mol. The van der Waals surface area contributed by atoms with Gasteiger partial charge < -0.3 is 5.32 Å². The van der Waals surface area contributed by atoms with Gasteiger partial charge in [0.25, 0.3) is 0 Å². The maximum atomic E-state index is 10.9. The molecule has 92 valence electrons. The van der Waals surface area contributed by atoms with E-state index < -0.39 is 0 Å². The van der Waals surface area contributed by atoms with Crippen LogP contribution in [0.5, 0.6) is 0 Å². The fourth-order valence-electron chi connectivity index (χ4n) is 1.38.